The Bertz CT molecular complexity index is 383. The van der Waals surface area contributed by atoms with Crippen LogP contribution in [0.4, 0.5) is 8.78 Å². The second-order valence-electron chi connectivity index (χ2n) is 3.79. The van der Waals surface area contributed by atoms with Crippen LogP contribution >= 0.6 is 0 Å². The SMILES string of the molecule is CC(C)(F)c1ccc(F)c(C(=O)CN)c1. The molecular weight excluding hydrogens is 200 g/mol. The molecule has 0 bridgehead atoms. The molecule has 1 aromatic carbocycles. The summed E-state index contributed by atoms with van der Waals surface area (Å²) in [6, 6.07) is 3.62. The molecule has 0 saturated heterocycles. The van der Waals surface area contributed by atoms with Gasteiger partial charge in [-0.1, -0.05) is 6.07 Å². The summed E-state index contributed by atoms with van der Waals surface area (Å²) in [4.78, 5) is 11.2. The molecule has 4 heteroatoms. The Hall–Kier alpha value is -1.29. The standard InChI is InChI=1S/C11H13F2NO/c1-11(2,13)7-3-4-9(12)8(5-7)10(15)6-14/h3-5H,6,14H2,1-2H3. The largest absolute Gasteiger partial charge is 0.324 e. The highest BCUT2D eigenvalue weighted by Gasteiger charge is 2.21. The fourth-order valence-corrected chi connectivity index (χ4v) is 1.22. The predicted molar refractivity (Wildman–Crippen MR) is 53.9 cm³/mol. The normalized spacial score (nSPS) is 11.5. The quantitative estimate of drug-likeness (QED) is 0.782. The maximum Gasteiger partial charge on any atom is 0.179 e. The first kappa shape index (κ1) is 11.8. The fourth-order valence-electron chi connectivity index (χ4n) is 1.22. The third-order valence-electron chi connectivity index (χ3n) is 2.14. The first-order valence-corrected chi connectivity index (χ1v) is 4.58. The van der Waals surface area contributed by atoms with E-state index in [9.17, 15) is 13.6 Å². The molecule has 0 aliphatic rings. The van der Waals surface area contributed by atoms with Gasteiger partial charge >= 0.3 is 0 Å². The van der Waals surface area contributed by atoms with Crippen LogP contribution < -0.4 is 5.73 Å². The Balaban J connectivity index is 3.23. The van der Waals surface area contributed by atoms with Crippen LogP contribution in [0.5, 0.6) is 0 Å². The summed E-state index contributed by atoms with van der Waals surface area (Å²) in [6.07, 6.45) is 0. The van der Waals surface area contributed by atoms with E-state index in [2.05, 4.69) is 0 Å². The van der Waals surface area contributed by atoms with Crippen LogP contribution in [0.2, 0.25) is 0 Å². The minimum atomic E-state index is -1.60. The van der Waals surface area contributed by atoms with Crippen molar-refractivity contribution in [2.75, 3.05) is 6.54 Å². The van der Waals surface area contributed by atoms with Crippen LogP contribution in [-0.4, -0.2) is 12.3 Å². The topological polar surface area (TPSA) is 43.1 Å². The number of hydrogen-bond donors (Lipinski definition) is 1. The van der Waals surface area contributed by atoms with Crippen molar-refractivity contribution in [3.05, 3.63) is 35.1 Å². The first-order valence-electron chi connectivity index (χ1n) is 4.58. The summed E-state index contributed by atoms with van der Waals surface area (Å²) in [5.74, 6) is -1.20. The third-order valence-corrected chi connectivity index (χ3v) is 2.14. The smallest absolute Gasteiger partial charge is 0.179 e. The number of benzene rings is 1. The maximum atomic E-state index is 13.5. The third kappa shape index (κ3) is 2.59. The highest BCUT2D eigenvalue weighted by Crippen LogP contribution is 2.26. The monoisotopic (exact) mass is 213 g/mol. The van der Waals surface area contributed by atoms with Crippen LogP contribution in [0.15, 0.2) is 18.2 Å². The number of nitrogens with two attached hydrogens (primary N) is 1. The molecule has 15 heavy (non-hydrogen) atoms. The molecule has 2 N–H and O–H groups in total. The van der Waals surface area contributed by atoms with Crippen LogP contribution in [0.25, 0.3) is 0 Å². The molecule has 1 aromatic rings. The Morgan fingerprint density at radius 2 is 2.07 bits per heavy atom. The molecule has 0 amide bonds. The van der Waals surface area contributed by atoms with Crippen molar-refractivity contribution < 1.29 is 13.6 Å². The van der Waals surface area contributed by atoms with Crippen molar-refractivity contribution >= 4 is 5.78 Å². The van der Waals surface area contributed by atoms with E-state index in [4.69, 9.17) is 5.73 Å². The van der Waals surface area contributed by atoms with E-state index in [1.165, 1.54) is 26.0 Å². The second kappa shape index (κ2) is 4.06. The van der Waals surface area contributed by atoms with Gasteiger partial charge in [0.15, 0.2) is 5.78 Å². The molecule has 0 unspecified atom stereocenters. The van der Waals surface area contributed by atoms with Gasteiger partial charge in [0.2, 0.25) is 0 Å². The Morgan fingerprint density at radius 1 is 1.47 bits per heavy atom. The van der Waals surface area contributed by atoms with Gasteiger partial charge in [-0.25, -0.2) is 8.78 Å². The number of carbonyl (C=O) groups is 1. The minimum absolute atomic E-state index is 0.152. The van der Waals surface area contributed by atoms with Crippen LogP contribution in [0, 0.1) is 5.82 Å². The number of halogens is 2. The summed E-state index contributed by atoms with van der Waals surface area (Å²) in [7, 11) is 0. The summed E-state index contributed by atoms with van der Waals surface area (Å²) in [5.41, 5.74) is 3.63. The second-order valence-corrected chi connectivity index (χ2v) is 3.79. The predicted octanol–water partition coefficient (Wildman–Crippen LogP) is 2.17. The lowest BCUT2D eigenvalue weighted by molar-refractivity contribution is 0.0997. The van der Waals surface area contributed by atoms with Crippen molar-refractivity contribution in [1.82, 2.24) is 0 Å². The zero-order valence-electron chi connectivity index (χ0n) is 8.68. The van der Waals surface area contributed by atoms with Crippen LogP contribution in [0.1, 0.15) is 29.8 Å². The van der Waals surface area contributed by atoms with Crippen molar-refractivity contribution in [2.24, 2.45) is 5.73 Å². The van der Waals surface area contributed by atoms with Crippen molar-refractivity contribution in [3.63, 3.8) is 0 Å². The van der Waals surface area contributed by atoms with E-state index < -0.39 is 17.3 Å². The van der Waals surface area contributed by atoms with Crippen molar-refractivity contribution in [3.8, 4) is 0 Å². The van der Waals surface area contributed by atoms with Gasteiger partial charge in [0.25, 0.3) is 0 Å². The zero-order chi connectivity index (χ0) is 11.6. The van der Waals surface area contributed by atoms with Crippen molar-refractivity contribution in [2.45, 2.75) is 19.5 Å². The van der Waals surface area contributed by atoms with Crippen LogP contribution in [0.3, 0.4) is 0 Å². The molecule has 0 atom stereocenters. The number of alkyl halides is 1. The van der Waals surface area contributed by atoms with Gasteiger partial charge < -0.3 is 5.73 Å². The van der Waals surface area contributed by atoms with Crippen LogP contribution in [-0.2, 0) is 5.67 Å². The molecule has 0 aromatic heterocycles. The minimum Gasteiger partial charge on any atom is -0.324 e. The maximum absolute atomic E-state index is 13.5. The molecular formula is C11H13F2NO. The van der Waals surface area contributed by atoms with Gasteiger partial charge in [0, 0.05) is 0 Å². The van der Waals surface area contributed by atoms with Gasteiger partial charge in [-0.3, -0.25) is 4.79 Å². The molecule has 82 valence electrons. The highest BCUT2D eigenvalue weighted by atomic mass is 19.1. The molecule has 1 rings (SSSR count). The van der Waals surface area contributed by atoms with E-state index in [-0.39, 0.29) is 17.7 Å². The Labute approximate surface area is 87.1 Å². The summed E-state index contributed by atoms with van der Waals surface area (Å²) >= 11 is 0. The average Bonchev–Trinajstić information content (AvgIpc) is 2.15. The molecule has 0 spiro atoms. The number of carbonyl (C=O) groups excluding carboxylic acids is 1. The first-order chi connectivity index (χ1) is 6.86. The number of Topliss-reactive ketones (excluding diaryl/α,β-unsaturated/α-hetero) is 1. The Morgan fingerprint density at radius 3 is 2.53 bits per heavy atom. The van der Waals surface area contributed by atoms with E-state index >= 15 is 0 Å². The van der Waals surface area contributed by atoms with Gasteiger partial charge in [0.05, 0.1) is 12.1 Å². The average molecular weight is 213 g/mol. The lowest BCUT2D eigenvalue weighted by atomic mass is 9.96. The van der Waals surface area contributed by atoms with E-state index in [1.54, 1.807) is 0 Å². The lowest BCUT2D eigenvalue weighted by Crippen LogP contribution is -2.17. The fraction of sp³-hybridized carbons (Fsp3) is 0.364. The van der Waals surface area contributed by atoms with Gasteiger partial charge in [0.1, 0.15) is 11.5 Å². The van der Waals surface area contributed by atoms with E-state index in [0.717, 1.165) is 6.07 Å². The molecule has 0 saturated carbocycles. The summed E-state index contributed by atoms with van der Waals surface area (Å²) in [6.45, 7) is 2.40. The summed E-state index contributed by atoms with van der Waals surface area (Å²) < 4.78 is 26.7. The molecule has 0 heterocycles. The molecule has 0 aliphatic carbocycles. The highest BCUT2D eigenvalue weighted by molar-refractivity contribution is 5.97. The van der Waals surface area contributed by atoms with Gasteiger partial charge in [-0.15, -0.1) is 0 Å². The lowest BCUT2D eigenvalue weighted by Gasteiger charge is -2.15. The van der Waals surface area contributed by atoms with Gasteiger partial charge in [-0.2, -0.15) is 0 Å². The van der Waals surface area contributed by atoms with Crippen molar-refractivity contribution in [1.29, 1.82) is 0 Å². The van der Waals surface area contributed by atoms with E-state index in [1.807, 2.05) is 0 Å². The zero-order valence-corrected chi connectivity index (χ0v) is 8.68. The number of hydrogen-bond acceptors (Lipinski definition) is 2. The van der Waals surface area contributed by atoms with E-state index in [0.29, 0.717) is 0 Å². The molecule has 2 nitrogen and oxygen atoms in total. The number of rotatable bonds is 3. The van der Waals surface area contributed by atoms with Gasteiger partial charge in [-0.05, 0) is 31.5 Å². The number of ketones is 1. The molecule has 0 radical (unpaired) electrons. The molecule has 0 aliphatic heterocycles. The molecule has 0 fully saturated rings. The summed E-state index contributed by atoms with van der Waals surface area (Å²) in [5, 5.41) is 0. The Kier molecular flexibility index (Phi) is 3.19.